The van der Waals surface area contributed by atoms with E-state index in [2.05, 4.69) is 10.1 Å². The van der Waals surface area contributed by atoms with Crippen molar-refractivity contribution in [1.82, 2.24) is 19.7 Å². The van der Waals surface area contributed by atoms with E-state index in [9.17, 15) is 4.79 Å². The number of carbonyl (C=O) groups excluding carboxylic acids is 1. The van der Waals surface area contributed by atoms with Crippen LogP contribution in [0, 0.1) is 13.8 Å². The van der Waals surface area contributed by atoms with Gasteiger partial charge in [0.15, 0.2) is 5.13 Å². The Morgan fingerprint density at radius 1 is 1.00 bits per heavy atom. The third-order valence-corrected chi connectivity index (χ3v) is 6.43. The van der Waals surface area contributed by atoms with Gasteiger partial charge < -0.3 is 0 Å². The van der Waals surface area contributed by atoms with E-state index in [4.69, 9.17) is 4.98 Å². The Morgan fingerprint density at radius 2 is 1.84 bits per heavy atom. The molecule has 0 aliphatic rings. The molecule has 1 amide bonds. The van der Waals surface area contributed by atoms with E-state index in [0.29, 0.717) is 17.2 Å². The summed E-state index contributed by atoms with van der Waals surface area (Å²) in [5, 5.41) is 5.15. The topological polar surface area (TPSA) is 63.9 Å². The maximum absolute atomic E-state index is 13.8. The predicted octanol–water partition coefficient (Wildman–Crippen LogP) is 5.34. The summed E-state index contributed by atoms with van der Waals surface area (Å²) >= 11 is 1.52. The van der Waals surface area contributed by atoms with Crippen LogP contribution in [0.1, 0.15) is 27.2 Å². The number of amides is 1. The molecule has 32 heavy (non-hydrogen) atoms. The zero-order valence-electron chi connectivity index (χ0n) is 17.8. The number of thiazole rings is 1. The maximum atomic E-state index is 13.8. The highest BCUT2D eigenvalue weighted by atomic mass is 32.1. The number of hydrogen-bond acceptors (Lipinski definition) is 5. The molecule has 0 radical (unpaired) electrons. The lowest BCUT2D eigenvalue weighted by molar-refractivity contribution is 0.0984. The summed E-state index contributed by atoms with van der Waals surface area (Å²) < 4.78 is 2.85. The fourth-order valence-corrected chi connectivity index (χ4v) is 4.73. The standard InChI is InChI=1S/C25H21N5OS/c1-17-8-6-12-22-23(17)28-25(32-22)29(16-19-9-7-13-26-14-19)24(31)21-15-27-30(18(21)2)20-10-4-3-5-11-20/h3-15H,16H2,1-2H3. The van der Waals surface area contributed by atoms with Gasteiger partial charge >= 0.3 is 0 Å². The second kappa shape index (κ2) is 8.36. The molecule has 0 bridgehead atoms. The summed E-state index contributed by atoms with van der Waals surface area (Å²) in [4.78, 5) is 24.6. The van der Waals surface area contributed by atoms with E-state index in [-0.39, 0.29) is 5.91 Å². The van der Waals surface area contributed by atoms with Gasteiger partial charge in [0.05, 0.1) is 39.9 Å². The molecule has 0 fully saturated rings. The Bertz CT molecular complexity index is 1390. The van der Waals surface area contributed by atoms with Gasteiger partial charge in [0.2, 0.25) is 0 Å². The monoisotopic (exact) mass is 439 g/mol. The molecular formula is C25H21N5OS. The first-order chi connectivity index (χ1) is 15.6. The number of nitrogens with zero attached hydrogens (tertiary/aromatic N) is 5. The van der Waals surface area contributed by atoms with E-state index in [0.717, 1.165) is 32.7 Å². The van der Waals surface area contributed by atoms with Crippen LogP contribution in [-0.4, -0.2) is 25.7 Å². The number of para-hydroxylation sites is 2. The molecule has 0 saturated heterocycles. The quantitative estimate of drug-likeness (QED) is 0.371. The third kappa shape index (κ3) is 3.67. The second-order valence-corrected chi connectivity index (χ2v) is 8.57. The molecule has 0 N–H and O–H groups in total. The van der Waals surface area contributed by atoms with Gasteiger partial charge in [0.1, 0.15) is 0 Å². The molecule has 5 rings (SSSR count). The van der Waals surface area contributed by atoms with Gasteiger partial charge in [-0.05, 0) is 49.2 Å². The molecule has 0 unspecified atom stereocenters. The smallest absolute Gasteiger partial charge is 0.263 e. The number of rotatable bonds is 5. The number of aromatic nitrogens is 4. The van der Waals surface area contributed by atoms with Crippen molar-refractivity contribution in [2.75, 3.05) is 4.90 Å². The molecular weight excluding hydrogens is 418 g/mol. The molecule has 0 aliphatic heterocycles. The van der Waals surface area contributed by atoms with Crippen molar-refractivity contribution in [1.29, 1.82) is 0 Å². The van der Waals surface area contributed by atoms with Gasteiger partial charge in [0.25, 0.3) is 5.91 Å². The number of hydrogen-bond donors (Lipinski definition) is 0. The van der Waals surface area contributed by atoms with Gasteiger partial charge in [-0.1, -0.05) is 47.7 Å². The lowest BCUT2D eigenvalue weighted by atomic mass is 10.2. The molecule has 6 nitrogen and oxygen atoms in total. The minimum atomic E-state index is -0.134. The van der Waals surface area contributed by atoms with Crippen molar-refractivity contribution < 1.29 is 4.79 Å². The number of benzene rings is 2. The van der Waals surface area contributed by atoms with Crippen LogP contribution in [-0.2, 0) is 6.54 Å². The SMILES string of the molecule is Cc1cccc2sc(N(Cc3cccnc3)C(=O)c3cnn(-c4ccccc4)c3C)nc12. The Balaban J connectivity index is 1.58. The average molecular weight is 440 g/mol. The molecule has 0 aliphatic carbocycles. The van der Waals surface area contributed by atoms with Crippen LogP contribution >= 0.6 is 11.3 Å². The van der Waals surface area contributed by atoms with E-state index < -0.39 is 0 Å². The first kappa shape index (κ1) is 20.1. The summed E-state index contributed by atoms with van der Waals surface area (Å²) in [5.74, 6) is -0.134. The van der Waals surface area contributed by atoms with Crippen LogP contribution in [0.25, 0.3) is 15.9 Å². The minimum Gasteiger partial charge on any atom is -0.279 e. The van der Waals surface area contributed by atoms with Crippen molar-refractivity contribution >= 4 is 32.6 Å². The van der Waals surface area contributed by atoms with Crippen molar-refractivity contribution in [3.63, 3.8) is 0 Å². The molecule has 3 aromatic heterocycles. The molecule has 3 heterocycles. The van der Waals surface area contributed by atoms with Gasteiger partial charge in [0, 0.05) is 12.4 Å². The lowest BCUT2D eigenvalue weighted by Crippen LogP contribution is -2.30. The van der Waals surface area contributed by atoms with Gasteiger partial charge in [-0.2, -0.15) is 5.10 Å². The summed E-state index contributed by atoms with van der Waals surface area (Å²) in [7, 11) is 0. The van der Waals surface area contributed by atoms with E-state index in [1.165, 1.54) is 11.3 Å². The van der Waals surface area contributed by atoms with Crippen LogP contribution in [0.15, 0.2) is 79.3 Å². The molecule has 158 valence electrons. The molecule has 0 saturated carbocycles. The van der Waals surface area contributed by atoms with Crippen LogP contribution in [0.5, 0.6) is 0 Å². The molecule has 0 spiro atoms. The Morgan fingerprint density at radius 3 is 2.59 bits per heavy atom. The van der Waals surface area contributed by atoms with Crippen molar-refractivity contribution in [3.8, 4) is 5.69 Å². The maximum Gasteiger partial charge on any atom is 0.263 e. The molecule has 0 atom stereocenters. The summed E-state index contributed by atoms with van der Waals surface area (Å²) in [6, 6.07) is 19.7. The fourth-order valence-electron chi connectivity index (χ4n) is 3.68. The average Bonchev–Trinajstić information content (AvgIpc) is 3.43. The zero-order valence-corrected chi connectivity index (χ0v) is 18.6. The van der Waals surface area contributed by atoms with Crippen LogP contribution in [0.3, 0.4) is 0 Å². The first-order valence-corrected chi connectivity index (χ1v) is 11.1. The normalized spacial score (nSPS) is 11.1. The van der Waals surface area contributed by atoms with Crippen molar-refractivity contribution in [2.24, 2.45) is 0 Å². The zero-order chi connectivity index (χ0) is 22.1. The highest BCUT2D eigenvalue weighted by molar-refractivity contribution is 7.22. The number of aryl methyl sites for hydroxylation is 1. The van der Waals surface area contributed by atoms with Gasteiger partial charge in [-0.3, -0.25) is 14.7 Å². The van der Waals surface area contributed by atoms with Crippen molar-refractivity contribution in [3.05, 3.63) is 102 Å². The van der Waals surface area contributed by atoms with E-state index >= 15 is 0 Å². The number of anilines is 1. The number of fused-ring (bicyclic) bond motifs is 1. The molecule has 7 heteroatoms. The first-order valence-electron chi connectivity index (χ1n) is 10.3. The van der Waals surface area contributed by atoms with Crippen LogP contribution < -0.4 is 4.90 Å². The summed E-state index contributed by atoms with van der Waals surface area (Å²) in [5.41, 5.74) is 5.20. The fraction of sp³-hybridized carbons (Fsp3) is 0.120. The van der Waals surface area contributed by atoms with E-state index in [1.54, 1.807) is 28.2 Å². The highest BCUT2D eigenvalue weighted by Gasteiger charge is 2.25. The van der Waals surface area contributed by atoms with Crippen LogP contribution in [0.4, 0.5) is 5.13 Å². The Kier molecular flexibility index (Phi) is 5.25. The number of carbonyl (C=O) groups is 1. The van der Waals surface area contributed by atoms with Crippen molar-refractivity contribution in [2.45, 2.75) is 20.4 Å². The lowest BCUT2D eigenvalue weighted by Gasteiger charge is -2.20. The minimum absolute atomic E-state index is 0.134. The van der Waals surface area contributed by atoms with Gasteiger partial charge in [-0.25, -0.2) is 9.67 Å². The largest absolute Gasteiger partial charge is 0.279 e. The molecule has 2 aromatic carbocycles. The highest BCUT2D eigenvalue weighted by Crippen LogP contribution is 2.32. The summed E-state index contributed by atoms with van der Waals surface area (Å²) in [6.07, 6.45) is 5.14. The second-order valence-electron chi connectivity index (χ2n) is 7.56. The number of pyridine rings is 1. The molecule has 5 aromatic rings. The summed E-state index contributed by atoms with van der Waals surface area (Å²) in [6.45, 7) is 4.33. The van der Waals surface area contributed by atoms with E-state index in [1.807, 2.05) is 74.5 Å². The Labute approximate surface area is 189 Å². The Hall–Kier alpha value is -3.84. The third-order valence-electron chi connectivity index (χ3n) is 5.39. The van der Waals surface area contributed by atoms with Gasteiger partial charge in [-0.15, -0.1) is 0 Å². The van der Waals surface area contributed by atoms with Crippen LogP contribution in [0.2, 0.25) is 0 Å². The predicted molar refractivity (Wildman–Crippen MR) is 127 cm³/mol.